The third kappa shape index (κ3) is 4.42. The molecule has 0 aliphatic carbocycles. The Balaban J connectivity index is 2.75. The van der Waals surface area contributed by atoms with Gasteiger partial charge in [-0.25, -0.2) is 8.42 Å². The lowest BCUT2D eigenvalue weighted by atomic mass is 10.2. The van der Waals surface area contributed by atoms with E-state index in [1.807, 2.05) is 0 Å². The van der Waals surface area contributed by atoms with Gasteiger partial charge in [-0.15, -0.1) is 0 Å². The van der Waals surface area contributed by atoms with Gasteiger partial charge in [0.2, 0.25) is 0 Å². The Morgan fingerprint density at radius 3 is 2.33 bits per heavy atom. The maximum Gasteiger partial charge on any atom is 0.269 e. The summed E-state index contributed by atoms with van der Waals surface area (Å²) in [6.07, 6.45) is 0. The molecule has 100 valence electrons. The van der Waals surface area contributed by atoms with Crippen LogP contribution < -0.4 is 5.73 Å². The molecule has 2 N–H and O–H groups in total. The van der Waals surface area contributed by atoms with Crippen molar-refractivity contribution in [3.63, 3.8) is 0 Å². The van der Waals surface area contributed by atoms with Gasteiger partial charge in [0.25, 0.3) is 5.69 Å². The van der Waals surface area contributed by atoms with Crippen LogP contribution in [0.2, 0.25) is 0 Å². The van der Waals surface area contributed by atoms with E-state index in [0.29, 0.717) is 12.1 Å². The van der Waals surface area contributed by atoms with Crippen molar-refractivity contribution in [2.45, 2.75) is 12.7 Å². The molecule has 6 nitrogen and oxygen atoms in total. The highest BCUT2D eigenvalue weighted by Crippen LogP contribution is 2.15. The van der Waals surface area contributed by atoms with Gasteiger partial charge >= 0.3 is 0 Å². The number of nitrogens with two attached hydrogens (primary N) is 1. The summed E-state index contributed by atoms with van der Waals surface area (Å²) < 4.78 is 23.6. The molecule has 0 bridgehead atoms. The molecule has 0 saturated carbocycles. The molecule has 1 aromatic rings. The molecule has 1 unspecified atom stereocenters. The zero-order chi connectivity index (χ0) is 13.8. The quantitative estimate of drug-likeness (QED) is 0.617. The first-order valence-corrected chi connectivity index (χ1v) is 7.30. The largest absolute Gasteiger partial charge is 0.330 e. The van der Waals surface area contributed by atoms with E-state index >= 15 is 0 Å². The van der Waals surface area contributed by atoms with Gasteiger partial charge in [0, 0.05) is 12.1 Å². The van der Waals surface area contributed by atoms with E-state index in [1.54, 1.807) is 6.92 Å². The fraction of sp³-hybridized carbons (Fsp3) is 0.455. The van der Waals surface area contributed by atoms with Crippen LogP contribution in [0.5, 0.6) is 0 Å². The highest BCUT2D eigenvalue weighted by atomic mass is 32.2. The SMILES string of the molecule is CC(CN)CS(=O)(=O)Cc1ccc([N+](=O)[O-])cc1. The number of sulfone groups is 1. The second-order valence-electron chi connectivity index (χ2n) is 4.32. The summed E-state index contributed by atoms with van der Waals surface area (Å²) in [5.41, 5.74) is 5.88. The number of nitro benzene ring substituents is 1. The van der Waals surface area contributed by atoms with Crippen LogP contribution in [0.25, 0.3) is 0 Å². The molecule has 0 aliphatic rings. The molecule has 7 heteroatoms. The molecule has 1 atom stereocenters. The first kappa shape index (κ1) is 14.6. The van der Waals surface area contributed by atoms with Crippen LogP contribution in [-0.4, -0.2) is 25.6 Å². The summed E-state index contributed by atoms with van der Waals surface area (Å²) in [4.78, 5) is 9.94. The van der Waals surface area contributed by atoms with Crippen molar-refractivity contribution in [2.24, 2.45) is 11.7 Å². The second kappa shape index (κ2) is 5.92. The summed E-state index contributed by atoms with van der Waals surface area (Å²) in [7, 11) is -3.23. The summed E-state index contributed by atoms with van der Waals surface area (Å²) in [5.74, 6) is -0.177. The van der Waals surface area contributed by atoms with Crippen LogP contribution in [0.4, 0.5) is 5.69 Å². The summed E-state index contributed by atoms with van der Waals surface area (Å²) in [5, 5.41) is 10.5. The number of hydrogen-bond donors (Lipinski definition) is 1. The van der Waals surface area contributed by atoms with Crippen molar-refractivity contribution >= 4 is 15.5 Å². The van der Waals surface area contributed by atoms with E-state index in [4.69, 9.17) is 5.73 Å². The summed E-state index contributed by atoms with van der Waals surface area (Å²) >= 11 is 0. The molecule has 18 heavy (non-hydrogen) atoms. The van der Waals surface area contributed by atoms with Gasteiger partial charge in [-0.05, 0) is 18.0 Å². The predicted molar refractivity (Wildman–Crippen MR) is 68.8 cm³/mol. The van der Waals surface area contributed by atoms with E-state index in [2.05, 4.69) is 0 Å². The van der Waals surface area contributed by atoms with Crippen molar-refractivity contribution < 1.29 is 13.3 Å². The van der Waals surface area contributed by atoms with Crippen molar-refractivity contribution in [3.8, 4) is 0 Å². The minimum atomic E-state index is -3.23. The molecular formula is C11H16N2O4S. The molecule has 0 heterocycles. The molecule has 0 aliphatic heterocycles. The van der Waals surface area contributed by atoms with E-state index in [-0.39, 0.29) is 23.1 Å². The van der Waals surface area contributed by atoms with Crippen molar-refractivity contribution in [1.82, 2.24) is 0 Å². The van der Waals surface area contributed by atoms with Gasteiger partial charge in [-0.3, -0.25) is 10.1 Å². The second-order valence-corrected chi connectivity index (χ2v) is 6.43. The highest BCUT2D eigenvalue weighted by molar-refractivity contribution is 7.90. The molecule has 1 rings (SSSR count). The van der Waals surface area contributed by atoms with Gasteiger partial charge in [0.1, 0.15) is 0 Å². The Kier molecular flexibility index (Phi) is 4.80. The molecule has 0 amide bonds. The number of rotatable bonds is 6. The van der Waals surface area contributed by atoms with E-state index in [9.17, 15) is 18.5 Å². The smallest absolute Gasteiger partial charge is 0.269 e. The zero-order valence-corrected chi connectivity index (χ0v) is 10.9. The maximum absolute atomic E-state index is 11.8. The Hall–Kier alpha value is -1.47. The molecule has 0 saturated heterocycles. The fourth-order valence-corrected chi connectivity index (χ4v) is 3.35. The number of nitrogens with zero attached hydrogens (tertiary/aromatic N) is 1. The third-order valence-corrected chi connectivity index (χ3v) is 4.32. The zero-order valence-electron chi connectivity index (χ0n) is 10.1. The molecule has 0 spiro atoms. The predicted octanol–water partition coefficient (Wildman–Crippen LogP) is 1.10. The van der Waals surface area contributed by atoms with Crippen molar-refractivity contribution in [1.29, 1.82) is 0 Å². The van der Waals surface area contributed by atoms with Gasteiger partial charge in [0.05, 0.1) is 16.4 Å². The topological polar surface area (TPSA) is 103 Å². The highest BCUT2D eigenvalue weighted by Gasteiger charge is 2.16. The van der Waals surface area contributed by atoms with Crippen LogP contribution in [0, 0.1) is 16.0 Å². The normalized spacial score (nSPS) is 13.2. The fourth-order valence-electron chi connectivity index (χ4n) is 1.53. The van der Waals surface area contributed by atoms with Crippen molar-refractivity contribution in [2.75, 3.05) is 12.3 Å². The van der Waals surface area contributed by atoms with Crippen LogP contribution in [-0.2, 0) is 15.6 Å². The van der Waals surface area contributed by atoms with Crippen LogP contribution in [0.3, 0.4) is 0 Å². The van der Waals surface area contributed by atoms with Gasteiger partial charge < -0.3 is 5.73 Å². The van der Waals surface area contributed by atoms with Crippen LogP contribution in [0.1, 0.15) is 12.5 Å². The summed E-state index contributed by atoms with van der Waals surface area (Å²) in [6, 6.07) is 5.53. The molecular weight excluding hydrogens is 256 g/mol. The maximum atomic E-state index is 11.8. The third-order valence-electron chi connectivity index (χ3n) is 2.47. The minimum absolute atomic E-state index is 0.0283. The Bertz CT molecular complexity index is 510. The van der Waals surface area contributed by atoms with Gasteiger partial charge in [-0.2, -0.15) is 0 Å². The van der Waals surface area contributed by atoms with Crippen LogP contribution >= 0.6 is 0 Å². The Morgan fingerprint density at radius 2 is 1.89 bits per heavy atom. The lowest BCUT2D eigenvalue weighted by molar-refractivity contribution is -0.384. The van der Waals surface area contributed by atoms with Gasteiger partial charge in [0.15, 0.2) is 9.84 Å². The lowest BCUT2D eigenvalue weighted by Crippen LogP contribution is -2.22. The molecule has 0 fully saturated rings. The minimum Gasteiger partial charge on any atom is -0.330 e. The average molecular weight is 272 g/mol. The number of nitro groups is 1. The van der Waals surface area contributed by atoms with E-state index in [1.165, 1.54) is 24.3 Å². The average Bonchev–Trinajstić information content (AvgIpc) is 2.28. The standard InChI is InChI=1S/C11H16N2O4S/c1-9(6-12)7-18(16,17)8-10-2-4-11(5-3-10)13(14)15/h2-5,9H,6-8,12H2,1H3. The molecule has 0 aromatic heterocycles. The first-order valence-electron chi connectivity index (χ1n) is 5.48. The van der Waals surface area contributed by atoms with Crippen molar-refractivity contribution in [3.05, 3.63) is 39.9 Å². The van der Waals surface area contributed by atoms with E-state index < -0.39 is 14.8 Å². The molecule has 0 radical (unpaired) electrons. The number of non-ortho nitro benzene ring substituents is 1. The summed E-state index contributed by atoms with van der Waals surface area (Å²) in [6.45, 7) is 2.09. The van der Waals surface area contributed by atoms with Gasteiger partial charge in [-0.1, -0.05) is 19.1 Å². The first-order chi connectivity index (χ1) is 8.34. The number of benzene rings is 1. The van der Waals surface area contributed by atoms with E-state index in [0.717, 1.165) is 0 Å². The van der Waals surface area contributed by atoms with Crippen LogP contribution in [0.15, 0.2) is 24.3 Å². The Labute approximate surface area is 106 Å². The Morgan fingerprint density at radius 1 is 1.33 bits per heavy atom. The lowest BCUT2D eigenvalue weighted by Gasteiger charge is -2.09. The number of hydrogen-bond acceptors (Lipinski definition) is 5. The monoisotopic (exact) mass is 272 g/mol. The molecule has 1 aromatic carbocycles.